The minimum absolute atomic E-state index is 0. The Morgan fingerprint density at radius 2 is 2.14 bits per heavy atom. The van der Waals surface area contributed by atoms with Gasteiger partial charge in [0.2, 0.25) is 0 Å². The number of pyridine rings is 1. The zero-order chi connectivity index (χ0) is 9.84. The number of amides is 1. The molecule has 5 heteroatoms. The first-order valence-corrected chi connectivity index (χ1v) is 4.75. The average Bonchev–Trinajstić information content (AvgIpc) is 2.04. The summed E-state index contributed by atoms with van der Waals surface area (Å²) in [5.41, 5.74) is 0. The number of carbonyl (C=O) groups excluding carboxylic acids is 1. The molecule has 1 aromatic heterocycles. The molecular formula is C9H13BrN2OS. The van der Waals surface area contributed by atoms with Gasteiger partial charge in [0.25, 0.3) is 5.24 Å². The molecule has 1 rings (SSSR count). The lowest BCUT2D eigenvalue weighted by atomic mass is 10.5. The van der Waals surface area contributed by atoms with E-state index >= 15 is 0 Å². The smallest absolute Gasteiger partial charge is 0.286 e. The maximum absolute atomic E-state index is 11.3. The first-order chi connectivity index (χ1) is 6.09. The summed E-state index contributed by atoms with van der Waals surface area (Å²) < 4.78 is 1.92. The van der Waals surface area contributed by atoms with Gasteiger partial charge in [0.15, 0.2) is 12.4 Å². The Morgan fingerprint density at radius 3 is 2.64 bits per heavy atom. The fourth-order valence-corrected chi connectivity index (χ4v) is 1.56. The maximum atomic E-state index is 11.3. The molecule has 1 amide bonds. The molecule has 0 aromatic carbocycles. The molecule has 0 N–H and O–H groups in total. The fourth-order valence-electron chi connectivity index (χ4n) is 0.813. The van der Waals surface area contributed by atoms with Crippen molar-refractivity contribution in [3.05, 3.63) is 24.5 Å². The quantitative estimate of drug-likeness (QED) is 0.451. The van der Waals surface area contributed by atoms with Crippen molar-refractivity contribution < 1.29 is 26.3 Å². The molecule has 78 valence electrons. The van der Waals surface area contributed by atoms with Gasteiger partial charge in [0, 0.05) is 20.2 Å². The summed E-state index contributed by atoms with van der Waals surface area (Å²) >= 11 is 1.23. The highest BCUT2D eigenvalue weighted by Gasteiger charge is 2.08. The third-order valence-corrected chi connectivity index (χ3v) is 2.50. The van der Waals surface area contributed by atoms with Crippen molar-refractivity contribution in [1.29, 1.82) is 0 Å². The SMILES string of the molecule is CN(C)C(=O)Sc1ccc[n+](C)c1.[Br-]. The molecule has 1 aromatic rings. The van der Waals surface area contributed by atoms with Crippen molar-refractivity contribution >= 4 is 17.0 Å². The van der Waals surface area contributed by atoms with Crippen LogP contribution in [-0.2, 0) is 7.05 Å². The van der Waals surface area contributed by atoms with Crippen molar-refractivity contribution in [2.75, 3.05) is 14.1 Å². The molecule has 0 bridgehead atoms. The van der Waals surface area contributed by atoms with Crippen LogP contribution in [0.4, 0.5) is 4.79 Å². The minimum atomic E-state index is 0. The Labute approximate surface area is 98.9 Å². The summed E-state index contributed by atoms with van der Waals surface area (Å²) in [5.74, 6) is 0. The van der Waals surface area contributed by atoms with Crippen molar-refractivity contribution in [2.45, 2.75) is 4.90 Å². The lowest BCUT2D eigenvalue weighted by Crippen LogP contribution is -3.00. The van der Waals surface area contributed by atoms with E-state index in [2.05, 4.69) is 0 Å². The molecular weight excluding hydrogens is 264 g/mol. The number of hydrogen-bond donors (Lipinski definition) is 0. The van der Waals surface area contributed by atoms with Crippen LogP contribution in [0.15, 0.2) is 29.4 Å². The summed E-state index contributed by atoms with van der Waals surface area (Å²) in [6.07, 6.45) is 3.86. The molecule has 0 aliphatic rings. The molecule has 0 aliphatic carbocycles. The monoisotopic (exact) mass is 276 g/mol. The van der Waals surface area contributed by atoms with E-state index in [1.54, 1.807) is 19.0 Å². The van der Waals surface area contributed by atoms with E-state index in [1.807, 2.05) is 36.1 Å². The van der Waals surface area contributed by atoms with Crippen LogP contribution in [0.2, 0.25) is 0 Å². The van der Waals surface area contributed by atoms with Crippen LogP contribution in [0, 0.1) is 0 Å². The fraction of sp³-hybridized carbons (Fsp3) is 0.333. The Balaban J connectivity index is 0.00000169. The second-order valence-electron chi connectivity index (χ2n) is 2.97. The van der Waals surface area contributed by atoms with Gasteiger partial charge in [-0.1, -0.05) is 0 Å². The Hall–Kier alpha value is -0.550. The molecule has 0 fully saturated rings. The van der Waals surface area contributed by atoms with Crippen molar-refractivity contribution in [3.63, 3.8) is 0 Å². The van der Waals surface area contributed by atoms with Crippen LogP contribution in [0.3, 0.4) is 0 Å². The summed E-state index contributed by atoms with van der Waals surface area (Å²) in [4.78, 5) is 13.8. The normalized spacial score (nSPS) is 9.07. The van der Waals surface area contributed by atoms with Gasteiger partial charge in [-0.3, -0.25) is 4.79 Å². The highest BCUT2D eigenvalue weighted by atomic mass is 79.9. The van der Waals surface area contributed by atoms with E-state index in [9.17, 15) is 4.79 Å². The first kappa shape index (κ1) is 13.4. The van der Waals surface area contributed by atoms with Gasteiger partial charge in [-0.15, -0.1) is 0 Å². The molecule has 0 saturated carbocycles. The maximum Gasteiger partial charge on any atom is 0.286 e. The molecule has 0 unspecified atom stereocenters. The topological polar surface area (TPSA) is 24.2 Å². The zero-order valence-electron chi connectivity index (χ0n) is 8.40. The Kier molecular flexibility index (Phi) is 5.79. The molecule has 3 nitrogen and oxygen atoms in total. The third-order valence-electron chi connectivity index (χ3n) is 1.48. The van der Waals surface area contributed by atoms with Crippen LogP contribution in [0.1, 0.15) is 0 Å². The van der Waals surface area contributed by atoms with Gasteiger partial charge >= 0.3 is 0 Å². The molecule has 0 spiro atoms. The van der Waals surface area contributed by atoms with Gasteiger partial charge in [-0.2, -0.15) is 0 Å². The summed E-state index contributed by atoms with van der Waals surface area (Å²) in [6.45, 7) is 0. The van der Waals surface area contributed by atoms with E-state index in [1.165, 1.54) is 11.8 Å². The van der Waals surface area contributed by atoms with Gasteiger partial charge < -0.3 is 21.9 Å². The number of aromatic nitrogens is 1. The molecule has 0 atom stereocenters. The highest BCUT2D eigenvalue weighted by molar-refractivity contribution is 8.13. The van der Waals surface area contributed by atoms with Crippen LogP contribution in [0.25, 0.3) is 0 Å². The second-order valence-corrected chi connectivity index (χ2v) is 3.99. The van der Waals surface area contributed by atoms with E-state index in [-0.39, 0.29) is 22.2 Å². The standard InChI is InChI=1S/C9H13N2OS.BrH/c1-10(2)9(12)13-8-5-4-6-11(3)7-8;/h4-7H,1-3H3;1H/q+1;/p-1. The number of carbonyl (C=O) groups is 1. The number of aryl methyl sites for hydroxylation is 1. The first-order valence-electron chi connectivity index (χ1n) is 3.94. The van der Waals surface area contributed by atoms with E-state index < -0.39 is 0 Å². The predicted molar refractivity (Wildman–Crippen MR) is 52.6 cm³/mol. The van der Waals surface area contributed by atoms with Crippen LogP contribution < -0.4 is 21.5 Å². The second kappa shape index (κ2) is 6.03. The highest BCUT2D eigenvalue weighted by Crippen LogP contribution is 2.17. The number of rotatable bonds is 1. The van der Waals surface area contributed by atoms with Gasteiger partial charge in [0.05, 0.1) is 4.90 Å². The molecule has 0 radical (unpaired) electrons. The number of halogens is 1. The van der Waals surface area contributed by atoms with Crippen LogP contribution >= 0.6 is 11.8 Å². The van der Waals surface area contributed by atoms with Gasteiger partial charge in [-0.25, -0.2) is 4.57 Å². The number of thioether (sulfide) groups is 1. The Morgan fingerprint density at radius 1 is 1.50 bits per heavy atom. The molecule has 1 heterocycles. The average molecular weight is 277 g/mol. The minimum Gasteiger partial charge on any atom is -1.00 e. The van der Waals surface area contributed by atoms with Crippen molar-refractivity contribution in [3.8, 4) is 0 Å². The van der Waals surface area contributed by atoms with E-state index in [0.29, 0.717) is 0 Å². The lowest BCUT2D eigenvalue weighted by molar-refractivity contribution is -0.673. The summed E-state index contributed by atoms with van der Waals surface area (Å²) in [5, 5.41) is 0.0474. The van der Waals surface area contributed by atoms with Crippen molar-refractivity contribution in [2.24, 2.45) is 7.05 Å². The van der Waals surface area contributed by atoms with Crippen LogP contribution in [-0.4, -0.2) is 24.2 Å². The van der Waals surface area contributed by atoms with Crippen molar-refractivity contribution in [1.82, 2.24) is 4.90 Å². The Bertz CT molecular complexity index is 317. The van der Waals surface area contributed by atoms with E-state index in [0.717, 1.165) is 4.90 Å². The lowest BCUT2D eigenvalue weighted by Gasteiger charge is -2.07. The number of nitrogens with zero attached hydrogens (tertiary/aromatic N) is 2. The van der Waals surface area contributed by atoms with E-state index in [4.69, 9.17) is 0 Å². The van der Waals surface area contributed by atoms with Crippen LogP contribution in [0.5, 0.6) is 0 Å². The zero-order valence-corrected chi connectivity index (χ0v) is 10.8. The predicted octanol–water partition coefficient (Wildman–Crippen LogP) is -1.71. The third kappa shape index (κ3) is 4.11. The van der Waals surface area contributed by atoms with Gasteiger partial charge in [0.1, 0.15) is 7.05 Å². The summed E-state index contributed by atoms with van der Waals surface area (Å²) in [6, 6.07) is 3.84. The molecule has 14 heavy (non-hydrogen) atoms. The van der Waals surface area contributed by atoms with Gasteiger partial charge in [-0.05, 0) is 17.8 Å². The molecule has 0 saturated heterocycles. The number of hydrogen-bond acceptors (Lipinski definition) is 2. The molecule has 0 aliphatic heterocycles. The summed E-state index contributed by atoms with van der Waals surface area (Å²) in [7, 11) is 5.43. The largest absolute Gasteiger partial charge is 1.00 e.